The Morgan fingerprint density at radius 3 is 2.23 bits per heavy atom. The first-order chi connectivity index (χ1) is 10.4. The molecule has 1 aliphatic rings. The van der Waals surface area contributed by atoms with Crippen LogP contribution in [0.25, 0.3) is 0 Å². The quantitative estimate of drug-likeness (QED) is 0.712. The molecule has 1 aliphatic heterocycles. The molecular weight excluding hydrogens is 280 g/mol. The van der Waals surface area contributed by atoms with Gasteiger partial charge in [0.1, 0.15) is 11.6 Å². The van der Waals surface area contributed by atoms with Gasteiger partial charge in [-0.1, -0.05) is 27.7 Å². The molecule has 0 spiro atoms. The van der Waals surface area contributed by atoms with Gasteiger partial charge in [0.15, 0.2) is 0 Å². The van der Waals surface area contributed by atoms with Crippen LogP contribution < -0.4 is 0 Å². The van der Waals surface area contributed by atoms with Crippen molar-refractivity contribution in [2.75, 3.05) is 19.6 Å². The fourth-order valence-corrected chi connectivity index (χ4v) is 3.24. The van der Waals surface area contributed by atoms with Crippen molar-refractivity contribution in [1.82, 2.24) is 4.90 Å². The highest BCUT2D eigenvalue weighted by molar-refractivity contribution is 5.30. The van der Waals surface area contributed by atoms with Crippen molar-refractivity contribution in [3.63, 3.8) is 0 Å². The normalized spacial score (nSPS) is 17.6. The summed E-state index contributed by atoms with van der Waals surface area (Å²) >= 11 is 0. The van der Waals surface area contributed by atoms with Crippen molar-refractivity contribution in [3.05, 3.63) is 34.9 Å². The molecule has 0 bridgehead atoms. The molecule has 1 aromatic rings. The smallest absolute Gasteiger partial charge is 0.127 e. The zero-order valence-electron chi connectivity index (χ0n) is 14.3. The first-order valence-corrected chi connectivity index (χ1v) is 8.59. The summed E-state index contributed by atoms with van der Waals surface area (Å²) in [6.45, 7) is 11.4. The molecule has 1 fully saturated rings. The summed E-state index contributed by atoms with van der Waals surface area (Å²) in [5, 5.41) is 0. The second-order valence-corrected chi connectivity index (χ2v) is 7.35. The Morgan fingerprint density at radius 1 is 1.05 bits per heavy atom. The van der Waals surface area contributed by atoms with Gasteiger partial charge in [-0.2, -0.15) is 0 Å². The van der Waals surface area contributed by atoms with Crippen LogP contribution in [0.15, 0.2) is 12.1 Å². The van der Waals surface area contributed by atoms with Crippen LogP contribution >= 0.6 is 0 Å². The highest BCUT2D eigenvalue weighted by Crippen LogP contribution is 2.32. The molecule has 0 aromatic heterocycles. The molecule has 0 amide bonds. The van der Waals surface area contributed by atoms with Crippen LogP contribution in [0.5, 0.6) is 0 Å². The van der Waals surface area contributed by atoms with Crippen molar-refractivity contribution in [1.29, 1.82) is 0 Å². The van der Waals surface area contributed by atoms with E-state index in [0.717, 1.165) is 32.5 Å². The van der Waals surface area contributed by atoms with E-state index < -0.39 is 0 Å². The van der Waals surface area contributed by atoms with E-state index in [0.29, 0.717) is 17.0 Å². The molecule has 1 nitrogen and oxygen atoms in total. The average molecular weight is 309 g/mol. The van der Waals surface area contributed by atoms with Gasteiger partial charge < -0.3 is 4.90 Å². The van der Waals surface area contributed by atoms with E-state index in [2.05, 4.69) is 18.7 Å². The molecule has 1 aromatic carbocycles. The minimum Gasteiger partial charge on any atom is -0.303 e. The van der Waals surface area contributed by atoms with E-state index in [-0.39, 0.29) is 23.5 Å². The Bertz CT molecular complexity index is 488. The third-order valence-electron chi connectivity index (χ3n) is 4.79. The lowest BCUT2D eigenvalue weighted by atomic mass is 9.87. The number of nitrogens with zero attached hydrogens (tertiary/aromatic N) is 1. The summed E-state index contributed by atoms with van der Waals surface area (Å²) in [6.07, 6.45) is 3.06. The van der Waals surface area contributed by atoms with Crippen molar-refractivity contribution in [2.24, 2.45) is 5.92 Å². The maximum atomic E-state index is 14.3. The van der Waals surface area contributed by atoms with Crippen LogP contribution in [0.3, 0.4) is 0 Å². The van der Waals surface area contributed by atoms with Crippen molar-refractivity contribution in [3.8, 4) is 0 Å². The molecule has 2 rings (SSSR count). The maximum Gasteiger partial charge on any atom is 0.127 e. The number of hydrogen-bond donors (Lipinski definition) is 0. The van der Waals surface area contributed by atoms with Crippen LogP contribution in [0.1, 0.15) is 69.9 Å². The van der Waals surface area contributed by atoms with E-state index in [1.807, 2.05) is 13.8 Å². The highest BCUT2D eigenvalue weighted by atomic mass is 19.1. The number of benzene rings is 1. The second-order valence-electron chi connectivity index (χ2n) is 7.35. The lowest BCUT2D eigenvalue weighted by Crippen LogP contribution is -2.34. The Kier molecular flexibility index (Phi) is 5.96. The van der Waals surface area contributed by atoms with E-state index in [1.165, 1.54) is 18.6 Å². The predicted octanol–water partition coefficient (Wildman–Crippen LogP) is 5.31. The minimum absolute atomic E-state index is 0.0152. The number of piperidine rings is 1. The molecule has 0 radical (unpaired) electrons. The van der Waals surface area contributed by atoms with E-state index in [9.17, 15) is 8.78 Å². The average Bonchev–Trinajstić information content (AvgIpc) is 2.47. The van der Waals surface area contributed by atoms with Crippen LogP contribution in [-0.2, 0) is 0 Å². The lowest BCUT2D eigenvalue weighted by molar-refractivity contribution is 0.201. The summed E-state index contributed by atoms with van der Waals surface area (Å²) in [5.74, 6) is 0.402. The van der Waals surface area contributed by atoms with Gasteiger partial charge in [-0.3, -0.25) is 0 Å². The summed E-state index contributed by atoms with van der Waals surface area (Å²) in [5.41, 5.74) is 1.06. The van der Waals surface area contributed by atoms with Gasteiger partial charge in [0, 0.05) is 0 Å². The highest BCUT2D eigenvalue weighted by Gasteiger charge is 2.24. The van der Waals surface area contributed by atoms with Crippen LogP contribution in [0, 0.1) is 17.6 Å². The Balaban J connectivity index is 2.01. The van der Waals surface area contributed by atoms with E-state index >= 15 is 0 Å². The predicted molar refractivity (Wildman–Crippen MR) is 88.3 cm³/mol. The van der Waals surface area contributed by atoms with Gasteiger partial charge in [0.25, 0.3) is 0 Å². The van der Waals surface area contributed by atoms with Crippen molar-refractivity contribution in [2.45, 2.75) is 58.8 Å². The number of rotatable bonds is 5. The molecule has 0 N–H and O–H groups in total. The minimum atomic E-state index is -0.256. The maximum absolute atomic E-state index is 14.3. The molecule has 0 unspecified atom stereocenters. The molecule has 1 heterocycles. The number of halogens is 2. The second kappa shape index (κ2) is 7.54. The zero-order valence-corrected chi connectivity index (χ0v) is 14.3. The van der Waals surface area contributed by atoms with Crippen LogP contribution in [0.4, 0.5) is 8.78 Å². The van der Waals surface area contributed by atoms with E-state index in [4.69, 9.17) is 0 Å². The van der Waals surface area contributed by atoms with Gasteiger partial charge in [-0.05, 0) is 79.9 Å². The van der Waals surface area contributed by atoms with Gasteiger partial charge >= 0.3 is 0 Å². The van der Waals surface area contributed by atoms with Gasteiger partial charge in [0.2, 0.25) is 0 Å². The van der Waals surface area contributed by atoms with Gasteiger partial charge in [-0.15, -0.1) is 0 Å². The Morgan fingerprint density at radius 2 is 1.68 bits per heavy atom. The van der Waals surface area contributed by atoms with Crippen molar-refractivity contribution >= 4 is 0 Å². The lowest BCUT2D eigenvalue weighted by Gasteiger charge is -2.32. The molecule has 0 saturated carbocycles. The number of hydrogen-bond acceptors (Lipinski definition) is 1. The largest absolute Gasteiger partial charge is 0.303 e. The summed E-state index contributed by atoms with van der Waals surface area (Å²) < 4.78 is 28.5. The first kappa shape index (κ1) is 17.4. The van der Waals surface area contributed by atoms with Crippen LogP contribution in [0.2, 0.25) is 0 Å². The Labute approximate surface area is 133 Å². The molecule has 1 saturated heterocycles. The van der Waals surface area contributed by atoms with E-state index in [1.54, 1.807) is 0 Å². The topological polar surface area (TPSA) is 3.24 Å². The summed E-state index contributed by atoms with van der Waals surface area (Å²) in [4.78, 5) is 2.45. The molecule has 0 aliphatic carbocycles. The zero-order chi connectivity index (χ0) is 16.3. The van der Waals surface area contributed by atoms with Gasteiger partial charge in [-0.25, -0.2) is 8.78 Å². The fourth-order valence-electron chi connectivity index (χ4n) is 3.24. The molecule has 0 atom stereocenters. The van der Waals surface area contributed by atoms with Crippen molar-refractivity contribution < 1.29 is 8.78 Å². The first-order valence-electron chi connectivity index (χ1n) is 8.59. The molecular formula is C19H29F2N. The number of likely N-dealkylation sites (tertiary alicyclic amines) is 1. The monoisotopic (exact) mass is 309 g/mol. The fraction of sp³-hybridized carbons (Fsp3) is 0.684. The molecule has 124 valence electrons. The SMILES string of the molecule is CC(C)CCN1CCC(c2cc(F)c(C(C)C)cc2F)CC1. The third-order valence-corrected chi connectivity index (χ3v) is 4.79. The summed E-state index contributed by atoms with van der Waals surface area (Å²) in [6, 6.07) is 2.85. The summed E-state index contributed by atoms with van der Waals surface area (Å²) in [7, 11) is 0. The standard InChI is InChI=1S/C19H29F2N/c1-13(2)5-8-22-9-6-15(7-10-22)17-12-18(20)16(14(3)4)11-19(17)21/h11-15H,5-10H2,1-4H3. The van der Waals surface area contributed by atoms with Gasteiger partial charge in [0.05, 0.1) is 0 Å². The third kappa shape index (κ3) is 4.28. The van der Waals surface area contributed by atoms with Crippen LogP contribution in [-0.4, -0.2) is 24.5 Å². The Hall–Kier alpha value is -0.960. The molecule has 22 heavy (non-hydrogen) atoms. The molecule has 3 heteroatoms.